The molecule has 0 fully saturated rings. The topological polar surface area (TPSA) is 64.6 Å². The van der Waals surface area contributed by atoms with Crippen molar-refractivity contribution in [3.8, 4) is 0 Å². The zero-order valence-corrected chi connectivity index (χ0v) is 14.5. The maximum Gasteiger partial charge on any atom is 0.351 e. The number of ether oxygens (including phenoxy) is 2. The van der Waals surface area contributed by atoms with Gasteiger partial charge in [0.15, 0.2) is 0 Å². The molecule has 0 aromatic heterocycles. The molecule has 0 heterocycles. The molecule has 0 amide bonds. The van der Waals surface area contributed by atoms with Crippen molar-refractivity contribution in [3.63, 3.8) is 0 Å². The molecular formula is C20H23NO4. The average molecular weight is 341 g/mol. The number of hydrogen-bond donors (Lipinski definition) is 1. The van der Waals surface area contributed by atoms with E-state index in [1.54, 1.807) is 24.3 Å². The molecule has 0 bridgehead atoms. The molecule has 0 aliphatic heterocycles. The van der Waals surface area contributed by atoms with Crippen LogP contribution in [0.15, 0.2) is 60.7 Å². The van der Waals surface area contributed by atoms with Gasteiger partial charge in [-0.2, -0.15) is 0 Å². The standard InChI is InChI=1S/C20H23NO4/c1-3-17(21-14-15-10-6-4-7-11-15)19(22)25-18(20(23)24-2)16-12-8-5-9-13-16/h4-13,17-18,21H,3,14H2,1-2H3/t17?,18-/m0/s1. The van der Waals surface area contributed by atoms with Crippen LogP contribution in [0.2, 0.25) is 0 Å². The number of methoxy groups -OCH3 is 1. The number of esters is 2. The molecule has 2 aromatic rings. The molecular weight excluding hydrogens is 318 g/mol. The predicted molar refractivity (Wildman–Crippen MR) is 94.7 cm³/mol. The van der Waals surface area contributed by atoms with Crippen LogP contribution < -0.4 is 5.32 Å². The number of carbonyl (C=O) groups excluding carboxylic acids is 2. The zero-order valence-electron chi connectivity index (χ0n) is 14.5. The summed E-state index contributed by atoms with van der Waals surface area (Å²) in [6.07, 6.45) is -0.514. The van der Waals surface area contributed by atoms with Crippen molar-refractivity contribution >= 4 is 11.9 Å². The summed E-state index contributed by atoms with van der Waals surface area (Å²) in [7, 11) is 1.27. The summed E-state index contributed by atoms with van der Waals surface area (Å²) in [6.45, 7) is 2.43. The first-order valence-electron chi connectivity index (χ1n) is 8.26. The first-order valence-corrected chi connectivity index (χ1v) is 8.26. The van der Waals surface area contributed by atoms with Gasteiger partial charge < -0.3 is 14.8 Å². The molecule has 0 aliphatic rings. The van der Waals surface area contributed by atoms with Crippen molar-refractivity contribution in [1.29, 1.82) is 0 Å². The predicted octanol–water partition coefficient (Wildman–Crippen LogP) is 3.01. The normalized spacial score (nSPS) is 12.9. The van der Waals surface area contributed by atoms with Crippen LogP contribution in [0.3, 0.4) is 0 Å². The van der Waals surface area contributed by atoms with E-state index in [2.05, 4.69) is 5.32 Å². The summed E-state index contributed by atoms with van der Waals surface area (Å²) < 4.78 is 10.2. The van der Waals surface area contributed by atoms with Gasteiger partial charge in [-0.05, 0) is 12.0 Å². The van der Waals surface area contributed by atoms with Crippen LogP contribution >= 0.6 is 0 Å². The highest BCUT2D eigenvalue weighted by Crippen LogP contribution is 2.20. The summed E-state index contributed by atoms with van der Waals surface area (Å²) in [4.78, 5) is 24.5. The van der Waals surface area contributed by atoms with E-state index in [9.17, 15) is 9.59 Å². The van der Waals surface area contributed by atoms with Crippen LogP contribution in [0.1, 0.15) is 30.6 Å². The molecule has 1 N–H and O–H groups in total. The molecule has 2 atom stereocenters. The van der Waals surface area contributed by atoms with E-state index < -0.39 is 24.1 Å². The molecule has 1 unspecified atom stereocenters. The van der Waals surface area contributed by atoms with Crippen molar-refractivity contribution in [2.75, 3.05) is 7.11 Å². The molecule has 132 valence electrons. The summed E-state index contributed by atoms with van der Waals surface area (Å²) in [5.74, 6) is -1.07. The minimum absolute atomic E-state index is 0.474. The molecule has 25 heavy (non-hydrogen) atoms. The van der Waals surface area contributed by atoms with Crippen molar-refractivity contribution in [2.24, 2.45) is 0 Å². The number of benzene rings is 2. The summed E-state index contributed by atoms with van der Waals surface area (Å²) in [5.41, 5.74) is 1.65. The SMILES string of the molecule is CCC(NCc1ccccc1)C(=O)O[C@H](C(=O)OC)c1ccccc1. The summed E-state index contributed by atoms with van der Waals surface area (Å²) in [6, 6.07) is 18.1. The number of rotatable bonds is 8. The lowest BCUT2D eigenvalue weighted by Gasteiger charge is -2.21. The zero-order chi connectivity index (χ0) is 18.1. The lowest BCUT2D eigenvalue weighted by molar-refractivity contribution is -0.168. The van der Waals surface area contributed by atoms with Crippen molar-refractivity contribution in [2.45, 2.75) is 32.0 Å². The largest absolute Gasteiger partial charge is 0.466 e. The highest BCUT2D eigenvalue weighted by atomic mass is 16.6. The Morgan fingerprint density at radius 3 is 2.12 bits per heavy atom. The van der Waals surface area contributed by atoms with Crippen LogP contribution in [0.4, 0.5) is 0 Å². The third-order valence-corrected chi connectivity index (χ3v) is 3.84. The Labute approximate surface area is 148 Å². The fraction of sp³-hybridized carbons (Fsp3) is 0.300. The molecule has 5 heteroatoms. The Bertz CT molecular complexity index is 673. The first kappa shape index (κ1) is 18.7. The smallest absolute Gasteiger partial charge is 0.351 e. The van der Waals surface area contributed by atoms with Gasteiger partial charge in [-0.1, -0.05) is 67.6 Å². The van der Waals surface area contributed by atoms with Crippen LogP contribution in [-0.4, -0.2) is 25.1 Å². The number of nitrogens with one attached hydrogen (secondary N) is 1. The quantitative estimate of drug-likeness (QED) is 0.748. The van der Waals surface area contributed by atoms with Crippen molar-refractivity contribution in [3.05, 3.63) is 71.8 Å². The van der Waals surface area contributed by atoms with E-state index >= 15 is 0 Å². The first-order chi connectivity index (χ1) is 12.2. The molecule has 0 radical (unpaired) electrons. The summed E-state index contributed by atoms with van der Waals surface area (Å²) in [5, 5.41) is 3.17. The van der Waals surface area contributed by atoms with Gasteiger partial charge in [0.1, 0.15) is 6.04 Å². The minimum atomic E-state index is -1.06. The third kappa shape index (κ3) is 5.43. The number of carbonyl (C=O) groups is 2. The van der Waals surface area contributed by atoms with Gasteiger partial charge in [0.2, 0.25) is 6.10 Å². The highest BCUT2D eigenvalue weighted by molar-refractivity contribution is 5.82. The van der Waals surface area contributed by atoms with Gasteiger partial charge in [0, 0.05) is 12.1 Å². The molecule has 2 rings (SSSR count). The number of hydrogen-bond acceptors (Lipinski definition) is 5. The fourth-order valence-electron chi connectivity index (χ4n) is 2.42. The van der Waals surface area contributed by atoms with E-state index in [0.29, 0.717) is 18.5 Å². The summed E-state index contributed by atoms with van der Waals surface area (Å²) >= 11 is 0. The van der Waals surface area contributed by atoms with E-state index in [1.807, 2.05) is 43.3 Å². The molecule has 2 aromatic carbocycles. The van der Waals surface area contributed by atoms with Gasteiger partial charge in [-0.3, -0.25) is 4.79 Å². The molecule has 0 aliphatic carbocycles. The Balaban J connectivity index is 2.03. The fourth-order valence-corrected chi connectivity index (χ4v) is 2.42. The van der Waals surface area contributed by atoms with Gasteiger partial charge in [0.05, 0.1) is 7.11 Å². The Kier molecular flexibility index (Phi) is 7.16. The second-order valence-electron chi connectivity index (χ2n) is 5.58. The third-order valence-electron chi connectivity index (χ3n) is 3.84. The van der Waals surface area contributed by atoms with Crippen LogP contribution in [0.25, 0.3) is 0 Å². The molecule has 0 saturated carbocycles. The van der Waals surface area contributed by atoms with Crippen LogP contribution in [-0.2, 0) is 25.6 Å². The van der Waals surface area contributed by atoms with Crippen molar-refractivity contribution < 1.29 is 19.1 Å². The Morgan fingerprint density at radius 1 is 0.960 bits per heavy atom. The average Bonchev–Trinajstić information content (AvgIpc) is 2.67. The maximum absolute atomic E-state index is 12.5. The van der Waals surface area contributed by atoms with Gasteiger partial charge >= 0.3 is 11.9 Å². The monoisotopic (exact) mass is 341 g/mol. The van der Waals surface area contributed by atoms with E-state index in [1.165, 1.54) is 7.11 Å². The van der Waals surface area contributed by atoms with Gasteiger partial charge in [0.25, 0.3) is 0 Å². The van der Waals surface area contributed by atoms with Gasteiger partial charge in [-0.25, -0.2) is 4.79 Å². The molecule has 5 nitrogen and oxygen atoms in total. The van der Waals surface area contributed by atoms with Gasteiger partial charge in [-0.15, -0.1) is 0 Å². The molecule has 0 saturated heterocycles. The second kappa shape index (κ2) is 9.59. The minimum Gasteiger partial charge on any atom is -0.466 e. The highest BCUT2D eigenvalue weighted by Gasteiger charge is 2.28. The Hall–Kier alpha value is -2.66. The van der Waals surface area contributed by atoms with Crippen molar-refractivity contribution in [1.82, 2.24) is 5.32 Å². The molecule has 0 spiro atoms. The van der Waals surface area contributed by atoms with Crippen LogP contribution in [0, 0.1) is 0 Å². The lowest BCUT2D eigenvalue weighted by atomic mass is 10.1. The van der Waals surface area contributed by atoms with E-state index in [4.69, 9.17) is 9.47 Å². The van der Waals surface area contributed by atoms with E-state index in [0.717, 1.165) is 5.56 Å². The van der Waals surface area contributed by atoms with E-state index in [-0.39, 0.29) is 0 Å². The van der Waals surface area contributed by atoms with Crippen LogP contribution in [0.5, 0.6) is 0 Å². The Morgan fingerprint density at radius 2 is 1.56 bits per heavy atom. The maximum atomic E-state index is 12.5. The lowest BCUT2D eigenvalue weighted by Crippen LogP contribution is -2.38. The second-order valence-corrected chi connectivity index (χ2v) is 5.58.